The van der Waals surface area contributed by atoms with Crippen molar-refractivity contribution in [3.63, 3.8) is 0 Å². The smallest absolute Gasteiger partial charge is 0.228 e. The van der Waals surface area contributed by atoms with Gasteiger partial charge in [0.15, 0.2) is 5.84 Å². The van der Waals surface area contributed by atoms with E-state index in [1.54, 1.807) is 19.2 Å². The number of amidine groups is 1. The van der Waals surface area contributed by atoms with Crippen LogP contribution in [0.2, 0.25) is 5.02 Å². The summed E-state index contributed by atoms with van der Waals surface area (Å²) in [6.45, 7) is 0.174. The van der Waals surface area contributed by atoms with E-state index in [2.05, 4.69) is 10.3 Å². The lowest BCUT2D eigenvalue weighted by Crippen LogP contribution is -2.29. The first-order valence-corrected chi connectivity index (χ1v) is 6.99. The van der Waals surface area contributed by atoms with Crippen molar-refractivity contribution in [2.75, 3.05) is 13.6 Å². The van der Waals surface area contributed by atoms with Crippen LogP contribution < -0.4 is 5.32 Å². The molecule has 7 heteroatoms. The second-order valence-corrected chi connectivity index (χ2v) is 5.16. The van der Waals surface area contributed by atoms with Crippen molar-refractivity contribution in [3.05, 3.63) is 69.9 Å². The number of aliphatic imine (C=N–C) groups is 1. The number of halogens is 2. The Balaban J connectivity index is 0.00000132. The van der Waals surface area contributed by atoms with Gasteiger partial charge in [-0.15, -0.1) is 12.4 Å². The van der Waals surface area contributed by atoms with E-state index >= 15 is 0 Å². The molecular formula is C16H15Cl2N3OS. The standard InChI is InChI=1S/C16H14ClN3O.ClH.S/c1-18-15-10-20(21)16(11-5-3-2-4-6-11)13-9-12(17)7-8-14(13)19-15;;/h2-9H,10H2,1H3,(H,18,19);1H;. The average Bonchev–Trinajstić information content (AvgIpc) is 2.63. The van der Waals surface area contributed by atoms with E-state index in [1.165, 1.54) is 0 Å². The molecule has 0 bridgehead atoms. The van der Waals surface area contributed by atoms with Crippen molar-refractivity contribution in [2.45, 2.75) is 0 Å². The fourth-order valence-electron chi connectivity index (χ4n) is 2.36. The zero-order chi connectivity index (χ0) is 14.8. The van der Waals surface area contributed by atoms with Crippen LogP contribution in [0.1, 0.15) is 11.1 Å². The Morgan fingerprint density at radius 2 is 1.87 bits per heavy atom. The van der Waals surface area contributed by atoms with Crippen LogP contribution in [0.5, 0.6) is 0 Å². The van der Waals surface area contributed by atoms with Crippen LogP contribution in [0.15, 0.2) is 53.5 Å². The van der Waals surface area contributed by atoms with Gasteiger partial charge in [-0.25, -0.2) is 4.99 Å². The Bertz CT molecular complexity index is 748. The molecule has 1 N–H and O–H groups in total. The summed E-state index contributed by atoms with van der Waals surface area (Å²) >= 11 is 6.10. The number of hydroxylamine groups is 1. The van der Waals surface area contributed by atoms with Crippen LogP contribution >= 0.6 is 37.5 Å². The van der Waals surface area contributed by atoms with E-state index in [0.717, 1.165) is 21.6 Å². The molecule has 1 heterocycles. The second kappa shape index (κ2) is 8.24. The number of nitrogens with zero attached hydrogens (tertiary/aromatic N) is 2. The molecule has 0 amide bonds. The van der Waals surface area contributed by atoms with Gasteiger partial charge in [0.1, 0.15) is 0 Å². The largest absolute Gasteiger partial charge is 0.623 e. The average molecular weight is 368 g/mol. The first-order chi connectivity index (χ1) is 10.2. The summed E-state index contributed by atoms with van der Waals surface area (Å²) in [5.74, 6) is 0.625. The van der Waals surface area contributed by atoms with Gasteiger partial charge in [0.05, 0.1) is 11.3 Å². The first kappa shape index (κ1) is 19.4. The van der Waals surface area contributed by atoms with Crippen molar-refractivity contribution >= 4 is 54.7 Å². The van der Waals surface area contributed by atoms with Gasteiger partial charge in [0.25, 0.3) is 0 Å². The second-order valence-electron chi connectivity index (χ2n) is 4.72. The van der Waals surface area contributed by atoms with E-state index < -0.39 is 0 Å². The molecule has 0 aromatic heterocycles. The van der Waals surface area contributed by atoms with Gasteiger partial charge in [-0.2, -0.15) is 4.74 Å². The molecule has 0 aliphatic carbocycles. The monoisotopic (exact) mass is 367 g/mol. The fourth-order valence-corrected chi connectivity index (χ4v) is 2.53. The summed E-state index contributed by atoms with van der Waals surface area (Å²) in [5, 5.41) is 16.1. The summed E-state index contributed by atoms with van der Waals surface area (Å²) in [5.41, 5.74) is 2.92. The third-order valence-electron chi connectivity index (χ3n) is 3.35. The first-order valence-electron chi connectivity index (χ1n) is 6.61. The Morgan fingerprint density at radius 3 is 2.52 bits per heavy atom. The highest BCUT2D eigenvalue weighted by atomic mass is 35.5. The number of likely N-dealkylation sites (N-methyl/N-ethyl adjacent to an activating group) is 1. The molecule has 1 aliphatic rings. The lowest BCUT2D eigenvalue weighted by molar-refractivity contribution is -0.439. The third-order valence-corrected chi connectivity index (χ3v) is 3.58. The topological polar surface area (TPSA) is 50.5 Å². The van der Waals surface area contributed by atoms with Crippen LogP contribution in [0, 0.1) is 5.21 Å². The van der Waals surface area contributed by atoms with Gasteiger partial charge in [-0.3, -0.25) is 0 Å². The van der Waals surface area contributed by atoms with E-state index in [1.807, 2.05) is 36.4 Å². The molecule has 2 aromatic rings. The van der Waals surface area contributed by atoms with Gasteiger partial charge in [-0.05, 0) is 30.3 Å². The summed E-state index contributed by atoms with van der Waals surface area (Å²) < 4.78 is 0.951. The zero-order valence-electron chi connectivity index (χ0n) is 12.3. The molecule has 1 aliphatic heterocycles. The van der Waals surface area contributed by atoms with Crippen LogP contribution in [0.25, 0.3) is 0 Å². The predicted octanol–water partition coefficient (Wildman–Crippen LogP) is 4.02. The molecule has 0 unspecified atom stereocenters. The highest BCUT2D eigenvalue weighted by Crippen LogP contribution is 2.27. The molecular weight excluding hydrogens is 353 g/mol. The van der Waals surface area contributed by atoms with Gasteiger partial charge in [0, 0.05) is 31.1 Å². The minimum atomic E-state index is 0. The maximum atomic E-state index is 12.6. The maximum Gasteiger partial charge on any atom is 0.228 e. The van der Waals surface area contributed by atoms with Crippen LogP contribution in [0.3, 0.4) is 0 Å². The van der Waals surface area contributed by atoms with Gasteiger partial charge in [0.2, 0.25) is 12.3 Å². The van der Waals surface area contributed by atoms with E-state index in [4.69, 9.17) is 11.6 Å². The minimum absolute atomic E-state index is 0. The molecule has 3 rings (SSSR count). The molecule has 120 valence electrons. The Morgan fingerprint density at radius 1 is 1.17 bits per heavy atom. The zero-order valence-corrected chi connectivity index (χ0v) is 14.7. The number of rotatable bonds is 1. The molecule has 23 heavy (non-hydrogen) atoms. The lowest BCUT2D eigenvalue weighted by atomic mass is 10.0. The van der Waals surface area contributed by atoms with Crippen molar-refractivity contribution < 1.29 is 4.74 Å². The minimum Gasteiger partial charge on any atom is -0.623 e. The van der Waals surface area contributed by atoms with Crippen molar-refractivity contribution in [1.82, 2.24) is 5.32 Å². The Kier molecular flexibility index (Phi) is 6.94. The summed E-state index contributed by atoms with van der Waals surface area (Å²) in [7, 11) is 1.76. The molecule has 2 radical (unpaired) electrons. The quantitative estimate of drug-likeness (QED) is 0.611. The summed E-state index contributed by atoms with van der Waals surface area (Å²) in [6, 6.07) is 15.0. The van der Waals surface area contributed by atoms with Crippen molar-refractivity contribution in [3.8, 4) is 0 Å². The molecule has 0 fully saturated rings. The highest BCUT2D eigenvalue weighted by Gasteiger charge is 2.24. The van der Waals surface area contributed by atoms with Crippen LogP contribution in [-0.4, -0.2) is 29.9 Å². The summed E-state index contributed by atoms with van der Waals surface area (Å²) in [6.07, 6.45) is 0. The number of nitrogens with one attached hydrogen (secondary N) is 1. The van der Waals surface area contributed by atoms with Gasteiger partial charge < -0.3 is 10.5 Å². The van der Waals surface area contributed by atoms with Crippen molar-refractivity contribution in [2.24, 2.45) is 4.99 Å². The molecule has 0 spiro atoms. The molecule has 2 aromatic carbocycles. The van der Waals surface area contributed by atoms with Crippen LogP contribution in [0.4, 0.5) is 5.69 Å². The highest BCUT2D eigenvalue weighted by molar-refractivity contribution is 7.59. The third kappa shape index (κ3) is 3.99. The normalized spacial score (nSPS) is 13.0. The molecule has 0 saturated heterocycles. The van der Waals surface area contributed by atoms with E-state index in [0.29, 0.717) is 16.6 Å². The molecule has 0 saturated carbocycles. The number of fused-ring (bicyclic) bond motifs is 1. The fraction of sp³-hybridized carbons (Fsp3) is 0.125. The predicted molar refractivity (Wildman–Crippen MR) is 101 cm³/mol. The molecule has 4 nitrogen and oxygen atoms in total. The van der Waals surface area contributed by atoms with Gasteiger partial charge in [-0.1, -0.05) is 29.8 Å². The molecule has 0 atom stereocenters. The number of hydrogen-bond acceptors (Lipinski definition) is 3. The lowest BCUT2D eigenvalue weighted by Gasteiger charge is -2.10. The summed E-state index contributed by atoms with van der Waals surface area (Å²) in [4.78, 5) is 4.51. The van der Waals surface area contributed by atoms with E-state index in [-0.39, 0.29) is 32.4 Å². The Labute approximate surface area is 153 Å². The van der Waals surface area contributed by atoms with Crippen LogP contribution in [-0.2, 0) is 0 Å². The Hall–Kier alpha value is -1.69. The number of hydrogen-bond donors (Lipinski definition) is 1. The maximum absolute atomic E-state index is 12.6. The van der Waals surface area contributed by atoms with Gasteiger partial charge >= 0.3 is 0 Å². The number of benzene rings is 2. The van der Waals surface area contributed by atoms with E-state index in [9.17, 15) is 5.21 Å². The van der Waals surface area contributed by atoms with Crippen molar-refractivity contribution in [1.29, 1.82) is 0 Å². The SMILES string of the molecule is CNC1=Nc2ccc(Cl)cc2C(c2ccccc2)=[N+]([O-])C1.Cl.[S].